The molecule has 0 amide bonds. The minimum Gasteiger partial charge on any atom is -0.463 e. The number of nitrogens with one attached hydrogen (secondary N) is 2. The van der Waals surface area contributed by atoms with Crippen molar-refractivity contribution in [3.8, 4) is 17.0 Å². The van der Waals surface area contributed by atoms with Crippen LogP contribution in [0, 0.1) is 6.92 Å². The van der Waals surface area contributed by atoms with E-state index < -0.39 is 11.7 Å². The van der Waals surface area contributed by atoms with Crippen LogP contribution in [0.2, 0.25) is 5.02 Å². The van der Waals surface area contributed by atoms with Gasteiger partial charge in [-0.25, -0.2) is 9.98 Å². The summed E-state index contributed by atoms with van der Waals surface area (Å²) in [6.07, 6.45) is -1.67. The lowest BCUT2D eigenvalue weighted by molar-refractivity contribution is -0.137. The summed E-state index contributed by atoms with van der Waals surface area (Å²) in [5, 5.41) is 3.06. The Kier molecular flexibility index (Phi) is 5.43. The van der Waals surface area contributed by atoms with Gasteiger partial charge in [0.15, 0.2) is 0 Å². The number of aryl methyl sites for hydroxylation is 1. The molecule has 2 aliphatic heterocycles. The number of nitrogen functional groups attached to an aromatic ring is 1. The van der Waals surface area contributed by atoms with Gasteiger partial charge in [-0.3, -0.25) is 4.79 Å². The molecule has 0 fully saturated rings. The molecule has 0 saturated carbocycles. The molecule has 3 aromatic rings. The Hall–Kier alpha value is -3.99. The van der Waals surface area contributed by atoms with Crippen molar-refractivity contribution in [2.45, 2.75) is 19.6 Å². The molecule has 12 heteroatoms. The average Bonchev–Trinajstić information content (AvgIpc) is 2.95. The second-order valence-electron chi connectivity index (χ2n) is 7.96. The largest absolute Gasteiger partial charge is 0.463 e. The van der Waals surface area contributed by atoms with Crippen LogP contribution in [0.1, 0.15) is 22.4 Å². The molecule has 0 aliphatic carbocycles. The number of aromatic nitrogens is 2. The van der Waals surface area contributed by atoms with Crippen LogP contribution in [-0.2, 0) is 12.7 Å². The fourth-order valence-electron chi connectivity index (χ4n) is 4.19. The summed E-state index contributed by atoms with van der Waals surface area (Å²) < 4.78 is 47.7. The summed E-state index contributed by atoms with van der Waals surface area (Å²) in [7, 11) is 0. The number of pyridine rings is 2. The Balaban J connectivity index is 1.67. The van der Waals surface area contributed by atoms with Crippen LogP contribution in [-0.4, -0.2) is 27.4 Å². The Morgan fingerprint density at radius 2 is 2.09 bits per heavy atom. The van der Waals surface area contributed by atoms with Crippen molar-refractivity contribution in [3.05, 3.63) is 80.6 Å². The van der Waals surface area contributed by atoms with Gasteiger partial charge < -0.3 is 25.7 Å². The first-order valence-electron chi connectivity index (χ1n) is 10.4. The minimum atomic E-state index is -4.68. The number of nitrogens with zero attached hydrogens (tertiary/aromatic N) is 3. The minimum absolute atomic E-state index is 0.0196. The van der Waals surface area contributed by atoms with Crippen LogP contribution in [0.15, 0.2) is 52.6 Å². The molecule has 0 unspecified atom stereocenters. The number of nitrogens with two attached hydrogens (primary N) is 1. The van der Waals surface area contributed by atoms with Crippen molar-refractivity contribution in [3.63, 3.8) is 0 Å². The highest BCUT2D eigenvalue weighted by molar-refractivity contribution is 6.37. The molecule has 0 atom stereocenters. The molecular formula is C23H18ClF3N6O2. The van der Waals surface area contributed by atoms with Crippen molar-refractivity contribution in [1.29, 1.82) is 0 Å². The predicted molar refractivity (Wildman–Crippen MR) is 126 cm³/mol. The second kappa shape index (κ2) is 8.35. The molecule has 35 heavy (non-hydrogen) atoms. The lowest BCUT2D eigenvalue weighted by Crippen LogP contribution is -2.31. The maximum absolute atomic E-state index is 14.0. The van der Waals surface area contributed by atoms with Crippen molar-refractivity contribution < 1.29 is 17.9 Å². The van der Waals surface area contributed by atoms with Gasteiger partial charge in [-0.05, 0) is 30.7 Å². The van der Waals surface area contributed by atoms with Gasteiger partial charge in [0, 0.05) is 23.5 Å². The van der Waals surface area contributed by atoms with Crippen molar-refractivity contribution in [1.82, 2.24) is 14.9 Å². The number of rotatable bonds is 3. The third-order valence-electron chi connectivity index (χ3n) is 5.59. The van der Waals surface area contributed by atoms with E-state index in [1.54, 1.807) is 23.2 Å². The van der Waals surface area contributed by atoms with Crippen LogP contribution >= 0.6 is 11.6 Å². The van der Waals surface area contributed by atoms with Crippen molar-refractivity contribution >= 4 is 28.9 Å². The van der Waals surface area contributed by atoms with Crippen molar-refractivity contribution in [2.24, 2.45) is 4.99 Å². The van der Waals surface area contributed by atoms with E-state index in [-0.39, 0.29) is 52.2 Å². The highest BCUT2D eigenvalue weighted by atomic mass is 35.5. The molecule has 0 radical (unpaired) electrons. The normalized spacial score (nSPS) is 14.5. The standard InChI is InChI=1S/C23H18ClF3N6O2/c1-11-7-15(28)32-20(18(11)23(25,26)27)13-8-14-17-21(19(13)24)29-10-30-22(17)33(5-6-35-14)9-12-3-2-4-16(34)31-12/h2-8,29H,9-10H2,1H3,(H2,28,32)(H,31,34). The molecule has 2 aliphatic rings. The second-order valence-corrected chi connectivity index (χ2v) is 8.34. The van der Waals surface area contributed by atoms with E-state index in [0.29, 0.717) is 22.8 Å². The van der Waals surface area contributed by atoms with Gasteiger partial charge in [-0.1, -0.05) is 17.7 Å². The van der Waals surface area contributed by atoms with Gasteiger partial charge >= 0.3 is 6.18 Å². The van der Waals surface area contributed by atoms with Crippen molar-refractivity contribution in [2.75, 3.05) is 17.7 Å². The third kappa shape index (κ3) is 4.08. The average molecular weight is 503 g/mol. The van der Waals surface area contributed by atoms with Gasteiger partial charge in [0.05, 0.1) is 34.1 Å². The van der Waals surface area contributed by atoms with E-state index >= 15 is 0 Å². The number of anilines is 2. The monoisotopic (exact) mass is 502 g/mol. The molecule has 5 rings (SSSR count). The zero-order chi connectivity index (χ0) is 24.9. The number of aliphatic imine (C=N–C) groups is 1. The molecule has 180 valence electrons. The van der Waals surface area contributed by atoms with Crippen LogP contribution in [0.3, 0.4) is 0 Å². The van der Waals surface area contributed by atoms with Gasteiger partial charge in [0.2, 0.25) is 5.56 Å². The van der Waals surface area contributed by atoms with Crippen LogP contribution < -0.4 is 21.3 Å². The molecule has 4 heterocycles. The van der Waals surface area contributed by atoms with Crippen LogP contribution in [0.5, 0.6) is 5.75 Å². The summed E-state index contributed by atoms with van der Waals surface area (Å²) >= 11 is 6.68. The number of H-pyrrole nitrogens is 1. The summed E-state index contributed by atoms with van der Waals surface area (Å²) in [5.41, 5.74) is 5.65. The number of benzene rings is 1. The van der Waals surface area contributed by atoms with E-state index in [1.165, 1.54) is 31.4 Å². The maximum Gasteiger partial charge on any atom is 0.418 e. The molecule has 0 spiro atoms. The first-order chi connectivity index (χ1) is 16.6. The number of amidine groups is 1. The lowest BCUT2D eigenvalue weighted by Gasteiger charge is -2.28. The molecule has 0 saturated heterocycles. The Bertz CT molecular complexity index is 1460. The fraction of sp³-hybridized carbons (Fsp3) is 0.174. The molecule has 2 aromatic heterocycles. The molecule has 8 nitrogen and oxygen atoms in total. The number of aromatic amines is 1. The smallest absolute Gasteiger partial charge is 0.418 e. The lowest BCUT2D eigenvalue weighted by atomic mass is 9.97. The van der Waals surface area contributed by atoms with E-state index in [4.69, 9.17) is 22.1 Å². The molecule has 4 N–H and O–H groups in total. The Labute approximate surface area is 201 Å². The highest BCUT2D eigenvalue weighted by Gasteiger charge is 2.38. The summed E-state index contributed by atoms with van der Waals surface area (Å²) in [6.45, 7) is 1.71. The first kappa shape index (κ1) is 22.8. The van der Waals surface area contributed by atoms with Gasteiger partial charge in [0.1, 0.15) is 30.3 Å². The van der Waals surface area contributed by atoms with Gasteiger partial charge in [-0.15, -0.1) is 0 Å². The summed E-state index contributed by atoms with van der Waals surface area (Å²) in [4.78, 5) is 24.7. The quantitative estimate of drug-likeness (QED) is 0.487. The SMILES string of the molecule is Cc1cc(N)nc(-c2cc3c4c(c2Cl)NCN=C4N(Cc2cccc(=O)[nH]2)C=CO3)c1C(F)(F)F. The zero-order valence-corrected chi connectivity index (χ0v) is 19.0. The number of hydrogen-bond acceptors (Lipinski definition) is 7. The van der Waals surface area contributed by atoms with Gasteiger partial charge in [0.25, 0.3) is 0 Å². The topological polar surface area (TPSA) is 109 Å². The van der Waals surface area contributed by atoms with E-state index in [9.17, 15) is 18.0 Å². The van der Waals surface area contributed by atoms with Crippen LogP contribution in [0.4, 0.5) is 24.7 Å². The first-order valence-corrected chi connectivity index (χ1v) is 10.8. The third-order valence-corrected chi connectivity index (χ3v) is 5.98. The number of ether oxygens (including phenoxy) is 1. The maximum atomic E-state index is 14.0. The number of halogens is 4. The fourth-order valence-corrected chi connectivity index (χ4v) is 4.49. The van der Waals surface area contributed by atoms with E-state index in [1.807, 2.05) is 0 Å². The van der Waals surface area contributed by atoms with Crippen LogP contribution in [0.25, 0.3) is 11.3 Å². The van der Waals surface area contributed by atoms with Gasteiger partial charge in [-0.2, -0.15) is 13.2 Å². The zero-order valence-electron chi connectivity index (χ0n) is 18.2. The Morgan fingerprint density at radius 1 is 1.29 bits per heavy atom. The summed E-state index contributed by atoms with van der Waals surface area (Å²) in [6, 6.07) is 7.37. The number of hydrogen-bond donors (Lipinski definition) is 3. The number of alkyl halides is 3. The summed E-state index contributed by atoms with van der Waals surface area (Å²) in [5.74, 6) is 0.651. The molecule has 1 aromatic carbocycles. The Morgan fingerprint density at radius 3 is 2.83 bits per heavy atom. The van der Waals surface area contributed by atoms with E-state index in [0.717, 1.165) is 0 Å². The van der Waals surface area contributed by atoms with E-state index in [2.05, 4.69) is 20.3 Å². The predicted octanol–water partition coefficient (Wildman–Crippen LogP) is 4.50. The highest BCUT2D eigenvalue weighted by Crippen LogP contribution is 2.47. The molecule has 0 bridgehead atoms. The molecular weight excluding hydrogens is 485 g/mol.